The second-order valence-electron chi connectivity index (χ2n) is 5.77. The number of amides is 1. The number of nitrogens with one attached hydrogen (secondary N) is 2. The Morgan fingerprint density at radius 1 is 1.33 bits per heavy atom. The van der Waals surface area contributed by atoms with Gasteiger partial charge in [0.25, 0.3) is 0 Å². The van der Waals surface area contributed by atoms with Crippen LogP contribution in [0.1, 0.15) is 30.0 Å². The van der Waals surface area contributed by atoms with Crippen molar-refractivity contribution >= 4 is 5.91 Å². The highest BCUT2D eigenvalue weighted by atomic mass is 19.4. The average molecular weight is 298 g/mol. The Hall–Kier alpha value is -1.56. The van der Waals surface area contributed by atoms with Crippen molar-refractivity contribution in [1.82, 2.24) is 10.6 Å². The molecule has 3 rings (SSSR count). The van der Waals surface area contributed by atoms with Gasteiger partial charge < -0.3 is 10.6 Å². The molecule has 3 nitrogen and oxygen atoms in total. The van der Waals surface area contributed by atoms with Gasteiger partial charge in [0, 0.05) is 6.54 Å². The van der Waals surface area contributed by atoms with E-state index in [0.717, 1.165) is 17.5 Å². The molecule has 114 valence electrons. The first-order chi connectivity index (χ1) is 9.94. The third kappa shape index (κ3) is 2.31. The first-order valence-corrected chi connectivity index (χ1v) is 7.10. The van der Waals surface area contributed by atoms with Gasteiger partial charge in [-0.1, -0.05) is 24.3 Å². The molecule has 2 aliphatic rings. The number of carbonyl (C=O) groups is 1. The Labute approximate surface area is 120 Å². The molecule has 2 unspecified atom stereocenters. The maximum absolute atomic E-state index is 13.3. The van der Waals surface area contributed by atoms with Crippen LogP contribution in [0.25, 0.3) is 0 Å². The van der Waals surface area contributed by atoms with Gasteiger partial charge in [-0.25, -0.2) is 0 Å². The molecule has 1 fully saturated rings. The number of carbonyl (C=O) groups excluding carboxylic acids is 1. The number of hydrogen-bond donors (Lipinski definition) is 2. The third-order valence-electron chi connectivity index (χ3n) is 4.57. The van der Waals surface area contributed by atoms with Crippen LogP contribution in [0.2, 0.25) is 0 Å². The first-order valence-electron chi connectivity index (χ1n) is 7.10. The quantitative estimate of drug-likeness (QED) is 0.880. The van der Waals surface area contributed by atoms with E-state index in [1.54, 1.807) is 0 Å². The molecule has 0 spiro atoms. The van der Waals surface area contributed by atoms with Crippen LogP contribution in [-0.4, -0.2) is 25.2 Å². The molecular formula is C15H17F3N2O. The van der Waals surface area contributed by atoms with Gasteiger partial charge in [0.15, 0.2) is 5.41 Å². The van der Waals surface area contributed by atoms with Crippen LogP contribution in [0.3, 0.4) is 0 Å². The lowest BCUT2D eigenvalue weighted by atomic mass is 9.84. The molecule has 1 aromatic carbocycles. The number of halogens is 3. The number of benzene rings is 1. The molecule has 21 heavy (non-hydrogen) atoms. The summed E-state index contributed by atoms with van der Waals surface area (Å²) in [6, 6.07) is 7.27. The van der Waals surface area contributed by atoms with Gasteiger partial charge >= 0.3 is 6.18 Å². The molecule has 0 saturated carbocycles. The Morgan fingerprint density at radius 3 is 2.76 bits per heavy atom. The summed E-state index contributed by atoms with van der Waals surface area (Å²) in [4.78, 5) is 12.3. The van der Waals surface area contributed by atoms with Crippen LogP contribution < -0.4 is 10.6 Å². The number of aryl methyl sites for hydroxylation is 1. The summed E-state index contributed by atoms with van der Waals surface area (Å²) in [7, 11) is 0. The predicted octanol–water partition coefficient (Wildman–Crippen LogP) is 2.33. The smallest absolute Gasteiger partial charge is 0.348 e. The van der Waals surface area contributed by atoms with Gasteiger partial charge in [0.2, 0.25) is 5.91 Å². The lowest BCUT2D eigenvalue weighted by Gasteiger charge is -2.31. The lowest BCUT2D eigenvalue weighted by molar-refractivity contribution is -0.216. The van der Waals surface area contributed by atoms with Crippen LogP contribution >= 0.6 is 0 Å². The van der Waals surface area contributed by atoms with E-state index in [2.05, 4.69) is 10.6 Å². The third-order valence-corrected chi connectivity index (χ3v) is 4.57. The highest BCUT2D eigenvalue weighted by Crippen LogP contribution is 2.44. The van der Waals surface area contributed by atoms with Crippen molar-refractivity contribution in [3.8, 4) is 0 Å². The molecule has 0 aromatic heterocycles. The van der Waals surface area contributed by atoms with Gasteiger partial charge in [0.05, 0.1) is 6.04 Å². The summed E-state index contributed by atoms with van der Waals surface area (Å²) in [5.74, 6) is -0.901. The summed E-state index contributed by atoms with van der Waals surface area (Å²) in [5.41, 5.74) is -0.243. The van der Waals surface area contributed by atoms with Crippen LogP contribution in [-0.2, 0) is 11.2 Å². The standard InChI is InChI=1S/C15H17F3N2O/c16-15(17,18)14(7-8-19-9-14)13(21)20-12-6-5-10-3-1-2-4-11(10)12/h1-4,12,19H,5-9H2,(H,20,21). The Balaban J connectivity index is 1.81. The number of alkyl halides is 3. The predicted molar refractivity (Wildman–Crippen MR) is 71.6 cm³/mol. The molecule has 6 heteroatoms. The second kappa shape index (κ2) is 5.02. The fraction of sp³-hybridized carbons (Fsp3) is 0.533. The van der Waals surface area contributed by atoms with E-state index in [1.165, 1.54) is 0 Å². The van der Waals surface area contributed by atoms with Crippen molar-refractivity contribution in [2.75, 3.05) is 13.1 Å². The highest BCUT2D eigenvalue weighted by molar-refractivity contribution is 5.84. The summed E-state index contributed by atoms with van der Waals surface area (Å²) >= 11 is 0. The molecule has 2 atom stereocenters. The number of fused-ring (bicyclic) bond motifs is 1. The Morgan fingerprint density at radius 2 is 2.10 bits per heavy atom. The van der Waals surface area contributed by atoms with E-state index in [1.807, 2.05) is 24.3 Å². The van der Waals surface area contributed by atoms with Gasteiger partial charge in [-0.15, -0.1) is 0 Å². The van der Waals surface area contributed by atoms with E-state index < -0.39 is 17.5 Å². The zero-order valence-electron chi connectivity index (χ0n) is 11.5. The van der Waals surface area contributed by atoms with Crippen LogP contribution in [0.15, 0.2) is 24.3 Å². The topological polar surface area (TPSA) is 41.1 Å². The second-order valence-corrected chi connectivity index (χ2v) is 5.77. The minimum atomic E-state index is -4.53. The van der Waals surface area contributed by atoms with Crippen molar-refractivity contribution in [2.45, 2.75) is 31.5 Å². The molecule has 1 aliphatic heterocycles. The SMILES string of the molecule is O=C(NC1CCc2ccccc21)C1(C(F)(F)F)CCNC1. The molecule has 1 aliphatic carbocycles. The molecule has 2 N–H and O–H groups in total. The molecule has 0 bridgehead atoms. The molecular weight excluding hydrogens is 281 g/mol. The van der Waals surface area contributed by atoms with Crippen molar-refractivity contribution < 1.29 is 18.0 Å². The van der Waals surface area contributed by atoms with Crippen molar-refractivity contribution in [1.29, 1.82) is 0 Å². The molecule has 1 amide bonds. The summed E-state index contributed by atoms with van der Waals surface area (Å²) in [6.07, 6.45) is -3.28. The van der Waals surface area contributed by atoms with Gasteiger partial charge in [-0.2, -0.15) is 13.2 Å². The number of hydrogen-bond acceptors (Lipinski definition) is 2. The fourth-order valence-electron chi connectivity index (χ4n) is 3.26. The monoisotopic (exact) mass is 298 g/mol. The summed E-state index contributed by atoms with van der Waals surface area (Å²) in [5, 5.41) is 5.29. The van der Waals surface area contributed by atoms with E-state index in [0.29, 0.717) is 6.42 Å². The van der Waals surface area contributed by atoms with Crippen molar-refractivity contribution in [3.05, 3.63) is 35.4 Å². The minimum Gasteiger partial charge on any atom is -0.348 e. The van der Waals surface area contributed by atoms with Crippen LogP contribution in [0.4, 0.5) is 13.2 Å². The van der Waals surface area contributed by atoms with E-state index in [4.69, 9.17) is 0 Å². The van der Waals surface area contributed by atoms with Crippen LogP contribution in [0, 0.1) is 5.41 Å². The Bertz CT molecular complexity index is 550. The minimum absolute atomic E-state index is 0.198. The van der Waals surface area contributed by atoms with Gasteiger partial charge in [0.1, 0.15) is 0 Å². The summed E-state index contributed by atoms with van der Waals surface area (Å²) in [6.45, 7) is -0.120. The van der Waals surface area contributed by atoms with Gasteiger partial charge in [-0.3, -0.25) is 4.79 Å². The zero-order valence-corrected chi connectivity index (χ0v) is 11.5. The fourth-order valence-corrected chi connectivity index (χ4v) is 3.26. The van der Waals surface area contributed by atoms with E-state index in [9.17, 15) is 18.0 Å². The lowest BCUT2D eigenvalue weighted by Crippen LogP contribution is -2.52. The largest absolute Gasteiger partial charge is 0.404 e. The molecule has 1 aromatic rings. The van der Waals surface area contributed by atoms with Crippen molar-refractivity contribution in [3.63, 3.8) is 0 Å². The zero-order chi connectivity index (χ0) is 15.1. The van der Waals surface area contributed by atoms with Gasteiger partial charge in [-0.05, 0) is 36.9 Å². The number of rotatable bonds is 2. The highest BCUT2D eigenvalue weighted by Gasteiger charge is 2.61. The molecule has 0 radical (unpaired) electrons. The van der Waals surface area contributed by atoms with Crippen LogP contribution in [0.5, 0.6) is 0 Å². The normalized spacial score (nSPS) is 28.4. The average Bonchev–Trinajstić information content (AvgIpc) is 3.06. The summed E-state index contributed by atoms with van der Waals surface area (Å²) < 4.78 is 40.0. The maximum atomic E-state index is 13.3. The van der Waals surface area contributed by atoms with E-state index >= 15 is 0 Å². The maximum Gasteiger partial charge on any atom is 0.404 e. The van der Waals surface area contributed by atoms with E-state index in [-0.39, 0.29) is 25.6 Å². The Kier molecular flexibility index (Phi) is 3.43. The molecule has 1 heterocycles. The van der Waals surface area contributed by atoms with Crippen molar-refractivity contribution in [2.24, 2.45) is 5.41 Å². The first kappa shape index (κ1) is 14.4. The molecule has 1 saturated heterocycles.